The number of hydrogen-bond acceptors (Lipinski definition) is 3. The minimum Gasteiger partial charge on any atom is -0.386 e. The van der Waals surface area contributed by atoms with Crippen molar-refractivity contribution in [2.45, 2.75) is 78.9 Å². The standard InChI is InChI=1S/C15H35NO2Si/c1-11-14(6)16(13(4)5)19(17-9,18-10)15(7,8)12(2)3/h12-14H,11H2,1-10H3. The maximum Gasteiger partial charge on any atom is 0.433 e. The van der Waals surface area contributed by atoms with E-state index in [0.29, 0.717) is 18.0 Å². The molecular formula is C15H35NO2Si. The van der Waals surface area contributed by atoms with Gasteiger partial charge in [-0.1, -0.05) is 55.4 Å². The molecule has 0 aliphatic carbocycles. The molecule has 0 fully saturated rings. The Kier molecular flexibility index (Phi) is 7.24. The van der Waals surface area contributed by atoms with Gasteiger partial charge >= 0.3 is 8.72 Å². The Morgan fingerprint density at radius 3 is 1.63 bits per heavy atom. The minimum atomic E-state index is -2.48. The molecule has 0 aromatic carbocycles. The highest BCUT2D eigenvalue weighted by Crippen LogP contribution is 2.47. The molecule has 0 heterocycles. The summed E-state index contributed by atoms with van der Waals surface area (Å²) < 4.78 is 14.7. The van der Waals surface area contributed by atoms with Gasteiger partial charge in [-0.3, -0.25) is 4.57 Å². The molecule has 0 bridgehead atoms. The minimum absolute atomic E-state index is 0.0181. The molecule has 0 spiro atoms. The molecule has 1 atom stereocenters. The normalized spacial score (nSPS) is 15.6. The second-order valence-electron chi connectivity index (χ2n) is 6.62. The van der Waals surface area contributed by atoms with E-state index in [9.17, 15) is 0 Å². The summed E-state index contributed by atoms with van der Waals surface area (Å²) in [7, 11) is 1.16. The Hall–Kier alpha value is 0.0969. The van der Waals surface area contributed by atoms with Gasteiger partial charge in [0.15, 0.2) is 0 Å². The molecule has 19 heavy (non-hydrogen) atoms. The lowest BCUT2D eigenvalue weighted by Crippen LogP contribution is -2.69. The molecule has 0 N–H and O–H groups in total. The fourth-order valence-corrected chi connectivity index (χ4v) is 7.33. The summed E-state index contributed by atoms with van der Waals surface area (Å²) in [4.78, 5) is 0. The molecule has 0 saturated heterocycles. The predicted molar refractivity (Wildman–Crippen MR) is 85.4 cm³/mol. The monoisotopic (exact) mass is 289 g/mol. The van der Waals surface area contributed by atoms with Crippen molar-refractivity contribution in [3.8, 4) is 0 Å². The van der Waals surface area contributed by atoms with Crippen LogP contribution in [-0.4, -0.2) is 39.6 Å². The third kappa shape index (κ3) is 3.41. The van der Waals surface area contributed by atoms with Crippen LogP contribution in [0.1, 0.15) is 61.8 Å². The van der Waals surface area contributed by atoms with Crippen LogP contribution in [0.3, 0.4) is 0 Å². The predicted octanol–water partition coefficient (Wildman–Crippen LogP) is 4.16. The second kappa shape index (κ2) is 7.20. The molecule has 0 aromatic rings. The van der Waals surface area contributed by atoms with Gasteiger partial charge < -0.3 is 8.85 Å². The van der Waals surface area contributed by atoms with Gasteiger partial charge in [0.1, 0.15) is 0 Å². The van der Waals surface area contributed by atoms with E-state index in [1.807, 2.05) is 14.2 Å². The summed E-state index contributed by atoms with van der Waals surface area (Å²) >= 11 is 0. The van der Waals surface area contributed by atoms with Crippen molar-refractivity contribution in [1.82, 2.24) is 4.57 Å². The lowest BCUT2D eigenvalue weighted by Gasteiger charge is -2.52. The molecule has 0 amide bonds. The number of hydrogen-bond donors (Lipinski definition) is 0. The molecule has 0 aromatic heterocycles. The molecule has 0 radical (unpaired) electrons. The van der Waals surface area contributed by atoms with Crippen LogP contribution in [0, 0.1) is 5.92 Å². The lowest BCUT2D eigenvalue weighted by atomic mass is 9.99. The quantitative estimate of drug-likeness (QED) is 0.626. The fraction of sp³-hybridized carbons (Fsp3) is 1.00. The second-order valence-corrected chi connectivity index (χ2v) is 10.4. The summed E-state index contributed by atoms with van der Waals surface area (Å²) in [5.74, 6) is 0.504. The molecule has 0 aliphatic rings. The van der Waals surface area contributed by atoms with E-state index < -0.39 is 8.72 Å². The van der Waals surface area contributed by atoms with Crippen LogP contribution >= 0.6 is 0 Å². The molecule has 0 saturated carbocycles. The highest BCUT2D eigenvalue weighted by molar-refractivity contribution is 6.68. The molecule has 0 aliphatic heterocycles. The fourth-order valence-electron chi connectivity index (χ4n) is 2.85. The van der Waals surface area contributed by atoms with Crippen molar-refractivity contribution in [3.63, 3.8) is 0 Å². The summed E-state index contributed by atoms with van der Waals surface area (Å²) in [6.45, 7) is 18.1. The molecular weight excluding hydrogens is 254 g/mol. The van der Waals surface area contributed by atoms with E-state index in [4.69, 9.17) is 8.85 Å². The van der Waals surface area contributed by atoms with Crippen LogP contribution in [-0.2, 0) is 8.85 Å². The van der Waals surface area contributed by atoms with E-state index in [2.05, 4.69) is 60.0 Å². The van der Waals surface area contributed by atoms with Crippen molar-refractivity contribution in [1.29, 1.82) is 0 Å². The van der Waals surface area contributed by atoms with Crippen LogP contribution in [0.25, 0.3) is 0 Å². The van der Waals surface area contributed by atoms with Crippen molar-refractivity contribution in [3.05, 3.63) is 0 Å². The molecule has 1 unspecified atom stereocenters. The highest BCUT2D eigenvalue weighted by Gasteiger charge is 2.59. The zero-order valence-electron chi connectivity index (χ0n) is 14.7. The van der Waals surface area contributed by atoms with E-state index in [1.54, 1.807) is 0 Å². The third-order valence-corrected chi connectivity index (χ3v) is 9.72. The van der Waals surface area contributed by atoms with E-state index in [-0.39, 0.29) is 5.04 Å². The van der Waals surface area contributed by atoms with Crippen LogP contribution < -0.4 is 0 Å². The average Bonchev–Trinajstić information content (AvgIpc) is 2.33. The molecule has 116 valence electrons. The topological polar surface area (TPSA) is 21.7 Å². The molecule has 3 nitrogen and oxygen atoms in total. The maximum atomic E-state index is 6.10. The van der Waals surface area contributed by atoms with Crippen LogP contribution in [0.2, 0.25) is 5.04 Å². The van der Waals surface area contributed by atoms with Crippen molar-refractivity contribution >= 4 is 8.72 Å². The third-order valence-electron chi connectivity index (χ3n) is 4.77. The highest BCUT2D eigenvalue weighted by atomic mass is 28.4. The van der Waals surface area contributed by atoms with Crippen LogP contribution in [0.15, 0.2) is 0 Å². The van der Waals surface area contributed by atoms with Gasteiger partial charge in [-0.25, -0.2) is 0 Å². The Morgan fingerprint density at radius 2 is 1.42 bits per heavy atom. The van der Waals surface area contributed by atoms with E-state index in [0.717, 1.165) is 6.42 Å². The first kappa shape index (κ1) is 19.1. The van der Waals surface area contributed by atoms with Crippen molar-refractivity contribution in [2.24, 2.45) is 5.92 Å². The zero-order valence-corrected chi connectivity index (χ0v) is 15.7. The smallest absolute Gasteiger partial charge is 0.386 e. The first-order valence-corrected chi connectivity index (χ1v) is 9.27. The zero-order chi connectivity index (χ0) is 15.4. The van der Waals surface area contributed by atoms with Gasteiger partial charge in [0.05, 0.1) is 0 Å². The largest absolute Gasteiger partial charge is 0.433 e. The Morgan fingerprint density at radius 1 is 1.00 bits per heavy atom. The van der Waals surface area contributed by atoms with Gasteiger partial charge in [0.2, 0.25) is 0 Å². The summed E-state index contributed by atoms with van der Waals surface area (Å²) in [5.41, 5.74) is 0. The summed E-state index contributed by atoms with van der Waals surface area (Å²) in [6, 6.07) is 0.879. The summed E-state index contributed by atoms with van der Waals surface area (Å²) in [6.07, 6.45) is 1.10. The van der Waals surface area contributed by atoms with E-state index >= 15 is 0 Å². The van der Waals surface area contributed by atoms with Crippen molar-refractivity contribution < 1.29 is 8.85 Å². The van der Waals surface area contributed by atoms with Gasteiger partial charge in [-0.15, -0.1) is 0 Å². The average molecular weight is 290 g/mol. The lowest BCUT2D eigenvalue weighted by molar-refractivity contribution is 0.0853. The van der Waals surface area contributed by atoms with Crippen LogP contribution in [0.4, 0.5) is 0 Å². The van der Waals surface area contributed by atoms with E-state index in [1.165, 1.54) is 0 Å². The van der Waals surface area contributed by atoms with Crippen molar-refractivity contribution in [2.75, 3.05) is 14.2 Å². The Bertz CT molecular complexity index is 263. The molecule has 0 rings (SSSR count). The SMILES string of the molecule is CCC(C)N(C(C)C)[Si](OC)(OC)C(C)(C)C(C)C. The van der Waals surface area contributed by atoms with Gasteiger partial charge in [0, 0.05) is 31.3 Å². The Labute approximate surface area is 122 Å². The maximum absolute atomic E-state index is 6.10. The Balaban J connectivity index is 5.84. The van der Waals surface area contributed by atoms with Gasteiger partial charge in [-0.05, 0) is 12.3 Å². The van der Waals surface area contributed by atoms with Crippen LogP contribution in [0.5, 0.6) is 0 Å². The number of nitrogens with zero attached hydrogens (tertiary/aromatic N) is 1. The summed E-state index contributed by atoms with van der Waals surface area (Å²) in [5, 5.41) is 0.0181. The van der Waals surface area contributed by atoms with Gasteiger partial charge in [-0.2, -0.15) is 0 Å². The molecule has 4 heteroatoms. The first-order valence-electron chi connectivity index (χ1n) is 7.51. The first-order chi connectivity index (χ1) is 8.62. The van der Waals surface area contributed by atoms with Gasteiger partial charge in [0.25, 0.3) is 0 Å². The number of rotatable bonds is 8.